The molecule has 0 saturated heterocycles. The Kier molecular flexibility index (Phi) is 5.34. The predicted octanol–water partition coefficient (Wildman–Crippen LogP) is 4.47. The first kappa shape index (κ1) is 16.9. The van der Waals surface area contributed by atoms with E-state index < -0.39 is 0 Å². The van der Waals surface area contributed by atoms with Crippen molar-refractivity contribution in [2.24, 2.45) is 0 Å². The molecule has 0 amide bonds. The number of hydrogen-bond donors (Lipinski definition) is 0. The Hall–Kier alpha value is -0.970. The number of aromatic nitrogens is 6. The van der Waals surface area contributed by atoms with Gasteiger partial charge in [-0.15, -0.1) is 11.8 Å². The summed E-state index contributed by atoms with van der Waals surface area (Å²) in [5.41, 5.74) is 1.74. The van der Waals surface area contributed by atoms with E-state index in [2.05, 4.69) is 67.7 Å². The van der Waals surface area contributed by atoms with Crippen LogP contribution in [0.15, 0.2) is 56.0 Å². The SMILES string of the molecule is Brc1cn2ccnc2c(Br)n1.CSc1nc(Br)cn2ccnc12. The fraction of sp³-hybridized carbons (Fsp3) is 0.0769. The van der Waals surface area contributed by atoms with Crippen molar-refractivity contribution >= 4 is 70.8 Å². The summed E-state index contributed by atoms with van der Waals surface area (Å²) in [5.74, 6) is 0. The predicted molar refractivity (Wildman–Crippen MR) is 101 cm³/mol. The van der Waals surface area contributed by atoms with E-state index in [4.69, 9.17) is 0 Å². The summed E-state index contributed by atoms with van der Waals surface area (Å²) in [6.45, 7) is 0. The van der Waals surface area contributed by atoms with Gasteiger partial charge in [0.2, 0.25) is 0 Å². The lowest BCUT2D eigenvalue weighted by Gasteiger charge is -1.99. The highest BCUT2D eigenvalue weighted by Crippen LogP contribution is 2.20. The van der Waals surface area contributed by atoms with Gasteiger partial charge in [0.25, 0.3) is 0 Å². The summed E-state index contributed by atoms with van der Waals surface area (Å²) in [6.07, 6.45) is 13.0. The molecule has 4 rings (SSSR count). The molecule has 0 fully saturated rings. The van der Waals surface area contributed by atoms with Crippen molar-refractivity contribution in [2.45, 2.75) is 5.03 Å². The molecule has 0 aliphatic heterocycles. The average Bonchev–Trinajstić information content (AvgIpc) is 3.15. The molecule has 0 aromatic carbocycles. The second-order valence-electron chi connectivity index (χ2n) is 4.24. The summed E-state index contributed by atoms with van der Waals surface area (Å²) in [5, 5.41) is 0.939. The van der Waals surface area contributed by atoms with Crippen LogP contribution in [0.2, 0.25) is 0 Å². The third-order valence-corrected chi connectivity index (χ3v) is 4.77. The summed E-state index contributed by atoms with van der Waals surface area (Å²) >= 11 is 11.5. The van der Waals surface area contributed by atoms with Crippen LogP contribution in [0.1, 0.15) is 0 Å². The van der Waals surface area contributed by atoms with Gasteiger partial charge >= 0.3 is 0 Å². The van der Waals surface area contributed by atoms with Crippen molar-refractivity contribution in [3.8, 4) is 0 Å². The Morgan fingerprint density at radius 3 is 2.09 bits per heavy atom. The second kappa shape index (κ2) is 7.29. The highest BCUT2D eigenvalue weighted by atomic mass is 79.9. The van der Waals surface area contributed by atoms with E-state index in [0.29, 0.717) is 0 Å². The van der Waals surface area contributed by atoms with Crippen molar-refractivity contribution in [1.82, 2.24) is 28.7 Å². The fourth-order valence-corrected chi connectivity index (χ4v) is 4.05. The van der Waals surface area contributed by atoms with Gasteiger partial charge in [0, 0.05) is 37.2 Å². The van der Waals surface area contributed by atoms with Crippen LogP contribution < -0.4 is 0 Å². The molecule has 10 heteroatoms. The topological polar surface area (TPSA) is 60.4 Å². The smallest absolute Gasteiger partial charge is 0.170 e. The van der Waals surface area contributed by atoms with Gasteiger partial charge in [0.15, 0.2) is 15.9 Å². The molecule has 23 heavy (non-hydrogen) atoms. The van der Waals surface area contributed by atoms with Crippen molar-refractivity contribution in [3.05, 3.63) is 51.0 Å². The molecule has 0 aliphatic carbocycles. The fourth-order valence-electron chi connectivity index (χ4n) is 1.87. The largest absolute Gasteiger partial charge is 0.302 e. The minimum atomic E-state index is 0.747. The van der Waals surface area contributed by atoms with Crippen LogP contribution >= 0.6 is 59.6 Å². The van der Waals surface area contributed by atoms with Crippen LogP contribution in [0.25, 0.3) is 11.3 Å². The normalized spacial score (nSPS) is 10.8. The van der Waals surface area contributed by atoms with Gasteiger partial charge in [-0.1, -0.05) is 0 Å². The number of thioether (sulfide) groups is 1. The molecule has 0 saturated carbocycles. The minimum Gasteiger partial charge on any atom is -0.302 e. The number of imidazole rings is 2. The molecule has 0 aliphatic rings. The molecule has 0 bridgehead atoms. The highest BCUT2D eigenvalue weighted by Gasteiger charge is 2.03. The Bertz CT molecular complexity index is 967. The Morgan fingerprint density at radius 2 is 1.43 bits per heavy atom. The molecule has 0 radical (unpaired) electrons. The van der Waals surface area contributed by atoms with Gasteiger partial charge < -0.3 is 8.80 Å². The Morgan fingerprint density at radius 1 is 0.870 bits per heavy atom. The number of hydrogen-bond acceptors (Lipinski definition) is 5. The lowest BCUT2D eigenvalue weighted by atomic mass is 10.7. The van der Waals surface area contributed by atoms with Gasteiger partial charge in [0.1, 0.15) is 14.2 Å². The summed E-state index contributed by atoms with van der Waals surface area (Å²) < 4.78 is 6.20. The zero-order valence-electron chi connectivity index (χ0n) is 11.7. The standard InChI is InChI=1S/C7H6BrN3S.C6H3Br2N3/c1-12-7-6-9-2-3-11(6)4-5(8)10-7;7-4-3-11-2-1-9-6(11)5(8)10-4/h2-4H,1H3;1-3H. The zero-order valence-corrected chi connectivity index (χ0v) is 17.3. The van der Waals surface area contributed by atoms with Crippen LogP contribution in [0, 0.1) is 0 Å². The molecule has 4 aromatic heterocycles. The number of rotatable bonds is 1. The van der Waals surface area contributed by atoms with E-state index in [-0.39, 0.29) is 0 Å². The number of halogens is 3. The lowest BCUT2D eigenvalue weighted by molar-refractivity contribution is 1.01. The molecule has 4 heterocycles. The van der Waals surface area contributed by atoms with Crippen molar-refractivity contribution in [3.63, 3.8) is 0 Å². The summed E-state index contributed by atoms with van der Waals surface area (Å²) in [6, 6.07) is 0. The first-order chi connectivity index (χ1) is 11.1. The third-order valence-electron chi connectivity index (χ3n) is 2.81. The van der Waals surface area contributed by atoms with Crippen molar-refractivity contribution in [2.75, 3.05) is 6.26 Å². The maximum absolute atomic E-state index is 4.29. The highest BCUT2D eigenvalue weighted by molar-refractivity contribution is 9.11. The molecular weight excluding hydrogens is 512 g/mol. The number of fused-ring (bicyclic) bond motifs is 2. The summed E-state index contributed by atoms with van der Waals surface area (Å²) in [7, 11) is 0. The van der Waals surface area contributed by atoms with E-state index in [0.717, 1.165) is 30.1 Å². The maximum Gasteiger partial charge on any atom is 0.170 e. The van der Waals surface area contributed by atoms with Gasteiger partial charge in [0.05, 0.1) is 0 Å². The van der Waals surface area contributed by atoms with E-state index in [1.54, 1.807) is 24.2 Å². The van der Waals surface area contributed by atoms with Gasteiger partial charge in [-0.25, -0.2) is 19.9 Å². The molecule has 118 valence electrons. The monoisotopic (exact) mass is 518 g/mol. The molecular formula is C13H9Br3N6S. The molecule has 0 atom stereocenters. The molecule has 6 nitrogen and oxygen atoms in total. The van der Waals surface area contributed by atoms with E-state index in [1.165, 1.54) is 0 Å². The van der Waals surface area contributed by atoms with Crippen molar-refractivity contribution < 1.29 is 0 Å². The van der Waals surface area contributed by atoms with Gasteiger partial charge in [-0.2, -0.15) is 0 Å². The van der Waals surface area contributed by atoms with E-state index in [9.17, 15) is 0 Å². The Balaban J connectivity index is 0.000000136. The second-order valence-corrected chi connectivity index (χ2v) is 7.41. The zero-order chi connectivity index (χ0) is 16.4. The average molecular weight is 521 g/mol. The first-order valence-corrected chi connectivity index (χ1v) is 9.87. The first-order valence-electron chi connectivity index (χ1n) is 6.26. The third kappa shape index (κ3) is 3.76. The Labute approximate surface area is 161 Å². The van der Waals surface area contributed by atoms with E-state index in [1.807, 2.05) is 39.8 Å². The van der Waals surface area contributed by atoms with Gasteiger partial charge in [-0.05, 0) is 54.0 Å². The van der Waals surface area contributed by atoms with Crippen LogP contribution in [0.3, 0.4) is 0 Å². The van der Waals surface area contributed by atoms with Crippen molar-refractivity contribution in [1.29, 1.82) is 0 Å². The molecule has 0 spiro atoms. The molecule has 4 aromatic rings. The lowest BCUT2D eigenvalue weighted by Crippen LogP contribution is -1.90. The van der Waals surface area contributed by atoms with Crippen LogP contribution in [0.5, 0.6) is 0 Å². The molecule has 0 unspecified atom stereocenters. The maximum atomic E-state index is 4.29. The van der Waals surface area contributed by atoms with Gasteiger partial charge in [-0.3, -0.25) is 0 Å². The van der Waals surface area contributed by atoms with Crippen LogP contribution in [0.4, 0.5) is 0 Å². The summed E-state index contributed by atoms with van der Waals surface area (Å²) in [4.78, 5) is 16.7. The minimum absolute atomic E-state index is 0.747. The van der Waals surface area contributed by atoms with E-state index >= 15 is 0 Å². The van der Waals surface area contributed by atoms with Crippen LogP contribution in [-0.2, 0) is 0 Å². The molecule has 0 N–H and O–H groups in total. The quantitative estimate of drug-likeness (QED) is 0.347. The number of nitrogens with zero attached hydrogens (tertiary/aromatic N) is 6. The van der Waals surface area contributed by atoms with Crippen LogP contribution in [-0.4, -0.2) is 35.0 Å².